The molecule has 1 aliphatic rings. The summed E-state index contributed by atoms with van der Waals surface area (Å²) in [5.74, 6) is 0.976. The van der Waals surface area contributed by atoms with Gasteiger partial charge in [-0.3, -0.25) is 5.10 Å². The van der Waals surface area contributed by atoms with Crippen molar-refractivity contribution in [2.75, 3.05) is 19.0 Å². The Kier molecular flexibility index (Phi) is 3.51. The van der Waals surface area contributed by atoms with E-state index < -0.39 is 10.0 Å². The molecule has 1 unspecified atom stereocenters. The summed E-state index contributed by atoms with van der Waals surface area (Å²) in [6.45, 7) is 1.15. The second-order valence-corrected chi connectivity index (χ2v) is 6.25. The molecule has 2 rings (SSSR count). The smallest absolute Gasteiger partial charge is 0.246 e. The molecule has 1 atom stereocenters. The van der Waals surface area contributed by atoms with E-state index in [4.69, 9.17) is 11.6 Å². The molecule has 1 aliphatic heterocycles. The largest absolute Gasteiger partial charge is 0.284 e. The van der Waals surface area contributed by atoms with Crippen LogP contribution in [0.5, 0.6) is 0 Å². The lowest BCUT2D eigenvalue weighted by molar-refractivity contribution is 0.453. The average Bonchev–Trinajstić information content (AvgIpc) is 2.88. The molecular weight excluding hydrogens is 250 g/mol. The minimum absolute atomic E-state index is 0.235. The second kappa shape index (κ2) is 4.73. The Morgan fingerprint density at radius 2 is 2.44 bits per heavy atom. The van der Waals surface area contributed by atoms with Gasteiger partial charge in [0.25, 0.3) is 0 Å². The molecule has 2 heterocycles. The van der Waals surface area contributed by atoms with Crippen LogP contribution in [-0.4, -0.2) is 41.9 Å². The van der Waals surface area contributed by atoms with Crippen LogP contribution in [-0.2, 0) is 10.0 Å². The number of hydrogen-bond acceptors (Lipinski definition) is 3. The van der Waals surface area contributed by atoms with Gasteiger partial charge in [0, 0.05) is 25.2 Å². The first kappa shape index (κ1) is 11.9. The molecule has 0 saturated carbocycles. The molecule has 90 valence electrons. The first-order valence-corrected chi connectivity index (χ1v) is 7.17. The van der Waals surface area contributed by atoms with Crippen LogP contribution in [0.2, 0.25) is 0 Å². The van der Waals surface area contributed by atoms with Crippen LogP contribution in [0.4, 0.5) is 0 Å². The van der Waals surface area contributed by atoms with E-state index in [1.165, 1.54) is 16.7 Å². The monoisotopic (exact) mass is 263 g/mol. The summed E-state index contributed by atoms with van der Waals surface area (Å²) in [6.07, 6.45) is 4.51. The van der Waals surface area contributed by atoms with E-state index in [9.17, 15) is 8.42 Å². The van der Waals surface area contributed by atoms with Crippen molar-refractivity contribution in [2.45, 2.75) is 17.7 Å². The highest BCUT2D eigenvalue weighted by atomic mass is 35.5. The van der Waals surface area contributed by atoms with Gasteiger partial charge in [-0.15, -0.1) is 11.6 Å². The van der Waals surface area contributed by atoms with Crippen molar-refractivity contribution in [1.82, 2.24) is 14.5 Å². The molecule has 0 aromatic carbocycles. The highest BCUT2D eigenvalue weighted by Crippen LogP contribution is 2.25. The first-order valence-electron chi connectivity index (χ1n) is 5.19. The number of nitrogens with zero attached hydrogens (tertiary/aromatic N) is 2. The van der Waals surface area contributed by atoms with Crippen molar-refractivity contribution >= 4 is 21.6 Å². The van der Waals surface area contributed by atoms with Crippen molar-refractivity contribution in [1.29, 1.82) is 0 Å². The van der Waals surface area contributed by atoms with Crippen LogP contribution in [0.25, 0.3) is 0 Å². The van der Waals surface area contributed by atoms with Crippen LogP contribution in [0.3, 0.4) is 0 Å². The number of aromatic nitrogens is 2. The number of halogens is 1. The lowest BCUT2D eigenvalue weighted by Crippen LogP contribution is -2.28. The number of rotatable bonds is 4. The Morgan fingerprint density at radius 3 is 3.06 bits per heavy atom. The lowest BCUT2D eigenvalue weighted by atomic mass is 10.1. The number of aromatic amines is 1. The third-order valence-corrected chi connectivity index (χ3v) is 4.93. The van der Waals surface area contributed by atoms with Crippen LogP contribution in [0.15, 0.2) is 17.3 Å². The Bertz CT molecular complexity index is 432. The fraction of sp³-hybridized carbons (Fsp3) is 0.667. The predicted molar refractivity (Wildman–Crippen MR) is 60.8 cm³/mol. The Labute approximate surface area is 99.8 Å². The molecule has 7 heteroatoms. The highest BCUT2D eigenvalue weighted by Gasteiger charge is 2.32. The molecule has 0 bridgehead atoms. The molecular formula is C9H14ClN3O2S. The zero-order valence-corrected chi connectivity index (χ0v) is 10.3. The van der Waals surface area contributed by atoms with E-state index in [-0.39, 0.29) is 4.90 Å². The standard InChI is InChI=1S/C9H14ClN3O2S/c10-3-1-8-2-4-13(7-8)16(14,15)9-5-11-12-6-9/h5-6,8H,1-4,7H2,(H,11,12). The molecule has 0 aliphatic carbocycles. The van der Waals surface area contributed by atoms with Gasteiger partial charge >= 0.3 is 0 Å². The third kappa shape index (κ3) is 2.23. The summed E-state index contributed by atoms with van der Waals surface area (Å²) in [7, 11) is -3.35. The van der Waals surface area contributed by atoms with E-state index in [0.717, 1.165) is 12.8 Å². The van der Waals surface area contributed by atoms with E-state index in [1.54, 1.807) is 0 Å². The third-order valence-electron chi connectivity index (χ3n) is 2.88. The van der Waals surface area contributed by atoms with Gasteiger partial charge < -0.3 is 0 Å². The predicted octanol–water partition coefficient (Wildman–Crippen LogP) is 1.05. The van der Waals surface area contributed by atoms with Gasteiger partial charge in [-0.2, -0.15) is 9.40 Å². The molecule has 0 amide bonds. The number of sulfonamides is 1. The maximum absolute atomic E-state index is 12.1. The van der Waals surface area contributed by atoms with Crippen LogP contribution in [0, 0.1) is 5.92 Å². The molecule has 1 N–H and O–H groups in total. The highest BCUT2D eigenvalue weighted by molar-refractivity contribution is 7.89. The van der Waals surface area contributed by atoms with Crippen molar-refractivity contribution in [3.05, 3.63) is 12.4 Å². The van der Waals surface area contributed by atoms with Gasteiger partial charge in [0.15, 0.2) is 0 Å². The number of nitrogens with one attached hydrogen (secondary N) is 1. The summed E-state index contributed by atoms with van der Waals surface area (Å²) in [6, 6.07) is 0. The normalized spacial score (nSPS) is 22.7. The Hall–Kier alpha value is -0.590. The Balaban J connectivity index is 2.10. The molecule has 1 saturated heterocycles. The number of H-pyrrole nitrogens is 1. The SMILES string of the molecule is O=S(=O)(c1cn[nH]c1)N1CCC(CCCl)C1. The maximum Gasteiger partial charge on any atom is 0.246 e. The summed E-state index contributed by atoms with van der Waals surface area (Å²) in [5.41, 5.74) is 0. The van der Waals surface area contributed by atoms with Gasteiger partial charge in [-0.05, 0) is 18.8 Å². The van der Waals surface area contributed by atoms with Gasteiger partial charge in [-0.25, -0.2) is 8.42 Å². The van der Waals surface area contributed by atoms with Crippen molar-refractivity contribution in [3.8, 4) is 0 Å². The maximum atomic E-state index is 12.1. The fourth-order valence-corrected chi connectivity index (χ4v) is 3.68. The minimum atomic E-state index is -3.35. The summed E-state index contributed by atoms with van der Waals surface area (Å²) < 4.78 is 25.7. The van der Waals surface area contributed by atoms with E-state index in [0.29, 0.717) is 24.9 Å². The summed E-state index contributed by atoms with van der Waals surface area (Å²) >= 11 is 5.66. The minimum Gasteiger partial charge on any atom is -0.284 e. The number of alkyl halides is 1. The Morgan fingerprint density at radius 1 is 1.62 bits per heavy atom. The van der Waals surface area contributed by atoms with Crippen LogP contribution in [0.1, 0.15) is 12.8 Å². The zero-order chi connectivity index (χ0) is 11.6. The lowest BCUT2D eigenvalue weighted by Gasteiger charge is -2.14. The topological polar surface area (TPSA) is 66.1 Å². The average molecular weight is 264 g/mol. The zero-order valence-electron chi connectivity index (χ0n) is 8.76. The first-order chi connectivity index (χ1) is 7.64. The van der Waals surface area contributed by atoms with Crippen LogP contribution >= 0.6 is 11.6 Å². The summed E-state index contributed by atoms with van der Waals surface area (Å²) in [4.78, 5) is 0.235. The molecule has 1 aromatic rings. The van der Waals surface area contributed by atoms with Crippen LogP contribution < -0.4 is 0 Å². The molecule has 5 nitrogen and oxygen atoms in total. The van der Waals surface area contributed by atoms with Crippen molar-refractivity contribution < 1.29 is 8.42 Å². The van der Waals surface area contributed by atoms with Crippen molar-refractivity contribution in [3.63, 3.8) is 0 Å². The van der Waals surface area contributed by atoms with Gasteiger partial charge in [0.05, 0.1) is 6.20 Å². The van der Waals surface area contributed by atoms with E-state index in [1.807, 2.05) is 0 Å². The van der Waals surface area contributed by atoms with Gasteiger partial charge in [0.1, 0.15) is 4.90 Å². The quantitative estimate of drug-likeness (QED) is 0.826. The van der Waals surface area contributed by atoms with Gasteiger partial charge in [-0.1, -0.05) is 0 Å². The molecule has 0 spiro atoms. The van der Waals surface area contributed by atoms with E-state index in [2.05, 4.69) is 10.2 Å². The second-order valence-electron chi connectivity index (χ2n) is 3.93. The summed E-state index contributed by atoms with van der Waals surface area (Å²) in [5, 5.41) is 6.18. The molecule has 16 heavy (non-hydrogen) atoms. The molecule has 1 aromatic heterocycles. The molecule has 1 fully saturated rings. The number of hydrogen-bond donors (Lipinski definition) is 1. The van der Waals surface area contributed by atoms with Crippen molar-refractivity contribution in [2.24, 2.45) is 5.92 Å². The molecule has 0 radical (unpaired) electrons. The fourth-order valence-electron chi connectivity index (χ4n) is 1.93. The van der Waals surface area contributed by atoms with Gasteiger partial charge in [0.2, 0.25) is 10.0 Å². The van der Waals surface area contributed by atoms with E-state index >= 15 is 0 Å².